The van der Waals surface area contributed by atoms with E-state index in [0.29, 0.717) is 24.5 Å². The first kappa shape index (κ1) is 15.2. The van der Waals surface area contributed by atoms with Gasteiger partial charge in [-0.3, -0.25) is 14.6 Å². The molecule has 0 aliphatic carbocycles. The third-order valence-corrected chi connectivity index (χ3v) is 3.28. The summed E-state index contributed by atoms with van der Waals surface area (Å²) in [4.78, 5) is 18.2. The minimum absolute atomic E-state index is 0.0889. The lowest BCUT2D eigenvalue weighted by Crippen LogP contribution is -2.27. The van der Waals surface area contributed by atoms with Crippen molar-refractivity contribution in [3.63, 3.8) is 0 Å². The van der Waals surface area contributed by atoms with Crippen LogP contribution in [-0.2, 0) is 13.1 Å². The van der Waals surface area contributed by atoms with Crippen LogP contribution in [-0.4, -0.2) is 49.4 Å². The van der Waals surface area contributed by atoms with E-state index < -0.39 is 0 Å². The number of carbonyl (C=O) groups is 1. The van der Waals surface area contributed by atoms with Gasteiger partial charge in [0.2, 0.25) is 0 Å². The minimum Gasteiger partial charge on any atom is -0.334 e. The van der Waals surface area contributed by atoms with Gasteiger partial charge in [-0.1, -0.05) is 0 Å². The number of aromatic nitrogens is 5. The maximum Gasteiger partial charge on any atom is 0.257 e. The van der Waals surface area contributed by atoms with Gasteiger partial charge in [-0.15, -0.1) is 0 Å². The molecule has 0 aliphatic heterocycles. The van der Waals surface area contributed by atoms with Gasteiger partial charge in [0.1, 0.15) is 5.82 Å². The zero-order valence-corrected chi connectivity index (χ0v) is 12.6. The SMILES string of the molecule is Cc1nc(CN(C)C(=O)c2cnn(CCCN)c2C)n[nH]1. The van der Waals surface area contributed by atoms with E-state index in [4.69, 9.17) is 5.73 Å². The molecule has 0 atom stereocenters. The average Bonchev–Trinajstić information content (AvgIpc) is 3.02. The van der Waals surface area contributed by atoms with Crippen LogP contribution in [0.25, 0.3) is 0 Å². The van der Waals surface area contributed by atoms with Crippen LogP contribution in [0, 0.1) is 13.8 Å². The normalized spacial score (nSPS) is 10.9. The van der Waals surface area contributed by atoms with E-state index in [1.165, 1.54) is 0 Å². The molecule has 0 unspecified atom stereocenters. The van der Waals surface area contributed by atoms with E-state index in [9.17, 15) is 4.79 Å². The highest BCUT2D eigenvalue weighted by atomic mass is 16.2. The second kappa shape index (κ2) is 6.49. The molecule has 114 valence electrons. The van der Waals surface area contributed by atoms with Crippen molar-refractivity contribution in [2.24, 2.45) is 5.73 Å². The molecule has 3 N–H and O–H groups in total. The van der Waals surface area contributed by atoms with E-state index in [2.05, 4.69) is 20.3 Å². The van der Waals surface area contributed by atoms with E-state index in [1.54, 1.807) is 18.1 Å². The van der Waals surface area contributed by atoms with Crippen molar-refractivity contribution in [2.75, 3.05) is 13.6 Å². The molecule has 0 radical (unpaired) electrons. The van der Waals surface area contributed by atoms with Crippen LogP contribution >= 0.6 is 0 Å². The van der Waals surface area contributed by atoms with Crippen LogP contribution in [0.2, 0.25) is 0 Å². The molecule has 2 heterocycles. The summed E-state index contributed by atoms with van der Waals surface area (Å²) < 4.78 is 1.81. The standard InChI is InChI=1S/C13H21N7O/c1-9-11(7-15-20(9)6-4-5-14)13(21)19(3)8-12-16-10(2)17-18-12/h7H,4-6,8,14H2,1-3H3,(H,16,17,18). The van der Waals surface area contributed by atoms with Gasteiger partial charge in [0.05, 0.1) is 18.3 Å². The number of amides is 1. The summed E-state index contributed by atoms with van der Waals surface area (Å²) in [5, 5.41) is 11.0. The molecule has 2 rings (SSSR count). The van der Waals surface area contributed by atoms with Gasteiger partial charge >= 0.3 is 0 Å². The van der Waals surface area contributed by atoms with Crippen LogP contribution in [0.1, 0.15) is 34.1 Å². The van der Waals surface area contributed by atoms with E-state index in [0.717, 1.165) is 24.5 Å². The number of nitrogens with one attached hydrogen (secondary N) is 1. The zero-order chi connectivity index (χ0) is 15.4. The summed E-state index contributed by atoms with van der Waals surface area (Å²) in [6.07, 6.45) is 2.44. The molecule has 0 saturated carbocycles. The molecule has 0 aliphatic rings. The predicted octanol–water partition coefficient (Wildman–Crippen LogP) is 0.239. The van der Waals surface area contributed by atoms with Gasteiger partial charge in [-0.25, -0.2) is 4.98 Å². The monoisotopic (exact) mass is 291 g/mol. The Morgan fingerprint density at radius 3 is 2.86 bits per heavy atom. The first-order chi connectivity index (χ1) is 10.0. The van der Waals surface area contributed by atoms with Gasteiger partial charge < -0.3 is 10.6 Å². The van der Waals surface area contributed by atoms with Crippen LogP contribution in [0.4, 0.5) is 0 Å². The Hall–Kier alpha value is -2.22. The molecular formula is C13H21N7O. The highest BCUT2D eigenvalue weighted by Crippen LogP contribution is 2.11. The Balaban J connectivity index is 2.06. The lowest BCUT2D eigenvalue weighted by atomic mass is 10.2. The van der Waals surface area contributed by atoms with Crippen molar-refractivity contribution in [1.82, 2.24) is 29.9 Å². The number of nitrogens with zero attached hydrogens (tertiary/aromatic N) is 5. The molecule has 21 heavy (non-hydrogen) atoms. The van der Waals surface area contributed by atoms with E-state index >= 15 is 0 Å². The summed E-state index contributed by atoms with van der Waals surface area (Å²) >= 11 is 0. The first-order valence-corrected chi connectivity index (χ1v) is 6.88. The van der Waals surface area contributed by atoms with Gasteiger partial charge in [-0.2, -0.15) is 10.2 Å². The molecule has 2 aromatic heterocycles. The average molecular weight is 291 g/mol. The maximum atomic E-state index is 12.4. The van der Waals surface area contributed by atoms with Crippen molar-refractivity contribution in [2.45, 2.75) is 33.4 Å². The third-order valence-electron chi connectivity index (χ3n) is 3.28. The zero-order valence-electron chi connectivity index (χ0n) is 12.6. The van der Waals surface area contributed by atoms with Crippen LogP contribution < -0.4 is 5.73 Å². The quantitative estimate of drug-likeness (QED) is 0.793. The summed E-state index contributed by atoms with van der Waals surface area (Å²) in [5.41, 5.74) is 6.95. The molecule has 8 nitrogen and oxygen atoms in total. The fourth-order valence-corrected chi connectivity index (χ4v) is 2.07. The summed E-state index contributed by atoms with van der Waals surface area (Å²) in [6, 6.07) is 0. The Kier molecular flexibility index (Phi) is 4.69. The van der Waals surface area contributed by atoms with Gasteiger partial charge in [0.25, 0.3) is 5.91 Å². The number of H-pyrrole nitrogens is 1. The van der Waals surface area contributed by atoms with E-state index in [-0.39, 0.29) is 5.91 Å². The fraction of sp³-hybridized carbons (Fsp3) is 0.538. The molecule has 0 spiro atoms. The Labute approximate surface area is 123 Å². The molecule has 8 heteroatoms. The minimum atomic E-state index is -0.0889. The summed E-state index contributed by atoms with van der Waals surface area (Å²) in [7, 11) is 1.73. The van der Waals surface area contributed by atoms with Crippen molar-refractivity contribution in [1.29, 1.82) is 0 Å². The largest absolute Gasteiger partial charge is 0.334 e. The number of hydrogen-bond acceptors (Lipinski definition) is 5. The highest BCUT2D eigenvalue weighted by Gasteiger charge is 2.19. The maximum absolute atomic E-state index is 12.4. The first-order valence-electron chi connectivity index (χ1n) is 6.88. The molecule has 0 saturated heterocycles. The molecule has 0 fully saturated rings. The molecule has 1 amide bonds. The van der Waals surface area contributed by atoms with Crippen LogP contribution in [0.3, 0.4) is 0 Å². The van der Waals surface area contributed by atoms with Crippen LogP contribution in [0.15, 0.2) is 6.20 Å². The van der Waals surface area contributed by atoms with Crippen molar-refractivity contribution >= 4 is 5.91 Å². The van der Waals surface area contributed by atoms with Crippen molar-refractivity contribution < 1.29 is 4.79 Å². The van der Waals surface area contributed by atoms with Gasteiger partial charge in [0, 0.05) is 19.3 Å². The van der Waals surface area contributed by atoms with E-state index in [1.807, 2.05) is 18.5 Å². The number of nitrogens with two attached hydrogens (primary N) is 1. The third kappa shape index (κ3) is 3.46. The van der Waals surface area contributed by atoms with Gasteiger partial charge in [-0.05, 0) is 26.8 Å². The second-order valence-electron chi connectivity index (χ2n) is 5.01. The Morgan fingerprint density at radius 1 is 1.48 bits per heavy atom. The molecule has 0 bridgehead atoms. The molecule has 2 aromatic rings. The smallest absolute Gasteiger partial charge is 0.257 e. The molecular weight excluding hydrogens is 270 g/mol. The lowest BCUT2D eigenvalue weighted by molar-refractivity contribution is 0.0780. The number of carbonyl (C=O) groups excluding carboxylic acids is 1. The number of rotatable bonds is 6. The van der Waals surface area contributed by atoms with Gasteiger partial charge in [0.15, 0.2) is 5.82 Å². The number of aromatic amines is 1. The Morgan fingerprint density at radius 2 is 2.24 bits per heavy atom. The van der Waals surface area contributed by atoms with Crippen LogP contribution in [0.5, 0.6) is 0 Å². The molecule has 0 aromatic carbocycles. The lowest BCUT2D eigenvalue weighted by Gasteiger charge is -2.15. The van der Waals surface area contributed by atoms with Crippen molar-refractivity contribution in [3.05, 3.63) is 29.1 Å². The Bertz CT molecular complexity index is 616. The summed E-state index contributed by atoms with van der Waals surface area (Å²) in [6.45, 7) is 5.40. The predicted molar refractivity (Wildman–Crippen MR) is 77.6 cm³/mol. The highest BCUT2D eigenvalue weighted by molar-refractivity contribution is 5.94. The second-order valence-corrected chi connectivity index (χ2v) is 5.01. The number of hydrogen-bond donors (Lipinski definition) is 2. The fourth-order valence-electron chi connectivity index (χ4n) is 2.07. The topological polar surface area (TPSA) is 106 Å². The number of aryl methyl sites for hydroxylation is 2. The van der Waals surface area contributed by atoms with Crippen molar-refractivity contribution in [3.8, 4) is 0 Å². The summed E-state index contributed by atoms with van der Waals surface area (Å²) in [5.74, 6) is 1.24.